The van der Waals surface area contributed by atoms with Gasteiger partial charge in [-0.1, -0.05) is 42.5 Å². The summed E-state index contributed by atoms with van der Waals surface area (Å²) in [5, 5.41) is 0. The van der Waals surface area contributed by atoms with E-state index in [0.717, 1.165) is 16.8 Å². The molecule has 3 heteroatoms. The lowest BCUT2D eigenvalue weighted by Gasteiger charge is -2.02. The number of nitrogens with two attached hydrogens (primary N) is 1. The Labute approximate surface area is 93.8 Å². The summed E-state index contributed by atoms with van der Waals surface area (Å²) in [6.07, 6.45) is 1.72. The highest BCUT2D eigenvalue weighted by atomic mass is 32.1. The number of hydrogen-bond acceptors (Lipinski definition) is 2. The van der Waals surface area contributed by atoms with Crippen LogP contribution in [0.1, 0.15) is 5.56 Å². The summed E-state index contributed by atoms with van der Waals surface area (Å²) in [5.74, 6) is 0. The van der Waals surface area contributed by atoms with E-state index in [1.165, 1.54) is 0 Å². The maximum Gasteiger partial charge on any atom is 0.104 e. The zero-order valence-corrected chi connectivity index (χ0v) is 8.87. The maximum atomic E-state index is 5.56. The van der Waals surface area contributed by atoms with Gasteiger partial charge in [-0.15, -0.1) is 0 Å². The molecule has 0 radical (unpaired) electrons. The molecule has 2 aromatic rings. The molecule has 1 aromatic heterocycles. The van der Waals surface area contributed by atoms with Gasteiger partial charge in [-0.2, -0.15) is 0 Å². The molecule has 2 rings (SSSR count). The molecule has 1 heterocycles. The van der Waals surface area contributed by atoms with Crippen LogP contribution in [0, 0.1) is 0 Å². The summed E-state index contributed by atoms with van der Waals surface area (Å²) in [4.78, 5) is 4.67. The van der Waals surface area contributed by atoms with Gasteiger partial charge in [0.1, 0.15) is 4.99 Å². The fourth-order valence-corrected chi connectivity index (χ4v) is 1.48. The summed E-state index contributed by atoms with van der Waals surface area (Å²) in [6.45, 7) is 0. The minimum atomic E-state index is 0.398. The predicted octanol–water partition coefficient (Wildman–Crippen LogP) is 2.38. The Morgan fingerprint density at radius 1 is 1.13 bits per heavy atom. The monoisotopic (exact) mass is 214 g/mol. The molecule has 0 aliphatic rings. The second-order valence-electron chi connectivity index (χ2n) is 3.16. The van der Waals surface area contributed by atoms with E-state index in [1.54, 1.807) is 6.20 Å². The van der Waals surface area contributed by atoms with Crippen molar-refractivity contribution in [2.45, 2.75) is 0 Å². The molecule has 2 nitrogen and oxygen atoms in total. The third-order valence-electron chi connectivity index (χ3n) is 2.11. The summed E-state index contributed by atoms with van der Waals surface area (Å²) in [7, 11) is 0. The van der Waals surface area contributed by atoms with Crippen molar-refractivity contribution in [3.8, 4) is 11.3 Å². The second kappa shape index (κ2) is 4.19. The predicted molar refractivity (Wildman–Crippen MR) is 65.6 cm³/mol. The van der Waals surface area contributed by atoms with Crippen LogP contribution >= 0.6 is 12.2 Å². The molecule has 0 unspecified atom stereocenters. The van der Waals surface area contributed by atoms with E-state index in [-0.39, 0.29) is 0 Å². The first-order valence-electron chi connectivity index (χ1n) is 4.58. The Balaban J connectivity index is 2.46. The van der Waals surface area contributed by atoms with Crippen LogP contribution in [0.3, 0.4) is 0 Å². The van der Waals surface area contributed by atoms with Crippen LogP contribution in [0.25, 0.3) is 11.3 Å². The molecule has 0 atom stereocenters. The molecule has 0 saturated heterocycles. The van der Waals surface area contributed by atoms with E-state index < -0.39 is 0 Å². The van der Waals surface area contributed by atoms with Crippen LogP contribution in [-0.4, -0.2) is 9.97 Å². The summed E-state index contributed by atoms with van der Waals surface area (Å²) >= 11 is 4.92. The quantitative estimate of drug-likeness (QED) is 0.780. The largest absolute Gasteiger partial charge is 0.389 e. The molecule has 1 aromatic carbocycles. The van der Waals surface area contributed by atoms with E-state index in [4.69, 9.17) is 18.0 Å². The molecule has 0 spiro atoms. The topological polar surface area (TPSA) is 38.9 Å². The Hall–Kier alpha value is -1.74. The zero-order valence-electron chi connectivity index (χ0n) is 8.05. The third kappa shape index (κ3) is 2.19. The Morgan fingerprint density at radius 2 is 1.87 bits per heavy atom. The second-order valence-corrected chi connectivity index (χ2v) is 3.60. The van der Waals surface area contributed by atoms with Crippen LogP contribution in [0.15, 0.2) is 48.7 Å². The van der Waals surface area contributed by atoms with Gasteiger partial charge in [0.25, 0.3) is 0 Å². The Kier molecular flexibility index (Phi) is 2.74. The lowest BCUT2D eigenvalue weighted by molar-refractivity contribution is 1.32. The summed E-state index contributed by atoms with van der Waals surface area (Å²) < 4.78 is 0. The number of rotatable bonds is 2. The number of aromatic nitrogens is 1. The van der Waals surface area contributed by atoms with Gasteiger partial charge in [-0.3, -0.25) is 4.98 Å². The minimum absolute atomic E-state index is 0.398. The van der Waals surface area contributed by atoms with Crippen LogP contribution in [-0.2, 0) is 0 Å². The van der Waals surface area contributed by atoms with Crippen molar-refractivity contribution in [2.75, 3.05) is 0 Å². The lowest BCUT2D eigenvalue weighted by Crippen LogP contribution is -2.09. The van der Waals surface area contributed by atoms with Crippen molar-refractivity contribution in [2.24, 2.45) is 5.73 Å². The molecule has 74 valence electrons. The van der Waals surface area contributed by atoms with E-state index >= 15 is 0 Å². The van der Waals surface area contributed by atoms with Crippen molar-refractivity contribution in [3.05, 3.63) is 54.2 Å². The smallest absolute Gasteiger partial charge is 0.104 e. The van der Waals surface area contributed by atoms with E-state index in [2.05, 4.69) is 4.98 Å². The van der Waals surface area contributed by atoms with E-state index in [9.17, 15) is 0 Å². The molecular formula is C12H10N2S. The first-order valence-corrected chi connectivity index (χ1v) is 4.99. The number of thiocarbonyl (C=S) groups is 1. The van der Waals surface area contributed by atoms with Gasteiger partial charge >= 0.3 is 0 Å². The average molecular weight is 214 g/mol. The van der Waals surface area contributed by atoms with Crippen LogP contribution < -0.4 is 5.73 Å². The van der Waals surface area contributed by atoms with Crippen LogP contribution in [0.5, 0.6) is 0 Å². The van der Waals surface area contributed by atoms with Crippen LogP contribution in [0.2, 0.25) is 0 Å². The van der Waals surface area contributed by atoms with Crippen molar-refractivity contribution in [1.29, 1.82) is 0 Å². The van der Waals surface area contributed by atoms with Gasteiger partial charge in [-0.05, 0) is 12.1 Å². The van der Waals surface area contributed by atoms with Gasteiger partial charge in [0.2, 0.25) is 0 Å². The lowest BCUT2D eigenvalue weighted by atomic mass is 10.1. The van der Waals surface area contributed by atoms with Gasteiger partial charge in [-0.25, -0.2) is 0 Å². The maximum absolute atomic E-state index is 5.56. The van der Waals surface area contributed by atoms with Gasteiger partial charge < -0.3 is 5.73 Å². The molecule has 0 fully saturated rings. The average Bonchev–Trinajstić information content (AvgIpc) is 2.30. The van der Waals surface area contributed by atoms with Crippen molar-refractivity contribution in [1.82, 2.24) is 4.98 Å². The number of pyridine rings is 1. The van der Waals surface area contributed by atoms with Crippen molar-refractivity contribution >= 4 is 17.2 Å². The molecule has 2 N–H and O–H groups in total. The number of benzene rings is 1. The first kappa shape index (κ1) is 9.80. The SMILES string of the molecule is NC(=S)c1ccnc(-c2ccccc2)c1. The van der Waals surface area contributed by atoms with Crippen molar-refractivity contribution < 1.29 is 0 Å². The summed E-state index contributed by atoms with van der Waals surface area (Å²) in [6, 6.07) is 13.7. The highest BCUT2D eigenvalue weighted by Gasteiger charge is 2.01. The normalized spacial score (nSPS) is 9.87. The number of nitrogens with zero attached hydrogens (tertiary/aromatic N) is 1. The van der Waals surface area contributed by atoms with E-state index in [1.807, 2.05) is 42.5 Å². The van der Waals surface area contributed by atoms with Gasteiger partial charge in [0.15, 0.2) is 0 Å². The Bertz CT molecular complexity index is 480. The molecule has 0 aliphatic carbocycles. The zero-order chi connectivity index (χ0) is 10.7. The van der Waals surface area contributed by atoms with Crippen LogP contribution in [0.4, 0.5) is 0 Å². The fourth-order valence-electron chi connectivity index (χ4n) is 1.35. The van der Waals surface area contributed by atoms with Gasteiger partial charge in [0, 0.05) is 17.3 Å². The molecule has 0 saturated carbocycles. The number of hydrogen-bond donors (Lipinski definition) is 1. The van der Waals surface area contributed by atoms with Gasteiger partial charge in [0.05, 0.1) is 5.69 Å². The Morgan fingerprint density at radius 3 is 2.53 bits per heavy atom. The molecule has 0 bridgehead atoms. The third-order valence-corrected chi connectivity index (χ3v) is 2.35. The molecule has 15 heavy (non-hydrogen) atoms. The van der Waals surface area contributed by atoms with E-state index in [0.29, 0.717) is 4.99 Å². The highest BCUT2D eigenvalue weighted by molar-refractivity contribution is 7.80. The summed E-state index contributed by atoms with van der Waals surface area (Å²) in [5.41, 5.74) is 8.37. The standard InChI is InChI=1S/C12H10N2S/c13-12(15)10-6-7-14-11(8-10)9-4-2-1-3-5-9/h1-8H,(H2,13,15). The molecular weight excluding hydrogens is 204 g/mol. The molecule has 0 aliphatic heterocycles. The van der Waals surface area contributed by atoms with Crippen molar-refractivity contribution in [3.63, 3.8) is 0 Å². The fraction of sp³-hybridized carbons (Fsp3) is 0. The minimum Gasteiger partial charge on any atom is -0.389 e. The molecule has 0 amide bonds. The highest BCUT2D eigenvalue weighted by Crippen LogP contribution is 2.16. The first-order chi connectivity index (χ1) is 7.27.